The molecule has 0 spiro atoms. The summed E-state index contributed by atoms with van der Waals surface area (Å²) in [5.41, 5.74) is 6.95. The summed E-state index contributed by atoms with van der Waals surface area (Å²) in [5.74, 6) is -0.661. The predicted molar refractivity (Wildman–Crippen MR) is 121 cm³/mol. The molecule has 150 valence electrons. The second-order valence-corrected chi connectivity index (χ2v) is 7.90. The average Bonchev–Trinajstić information content (AvgIpc) is 2.92. The van der Waals surface area contributed by atoms with Crippen LogP contribution in [0.3, 0.4) is 0 Å². The van der Waals surface area contributed by atoms with Gasteiger partial charge in [0.25, 0.3) is 11.8 Å². The van der Waals surface area contributed by atoms with Crippen LogP contribution in [-0.4, -0.2) is 11.8 Å². The van der Waals surface area contributed by atoms with Crippen LogP contribution in [0.15, 0.2) is 72.4 Å². The van der Waals surface area contributed by atoms with E-state index in [0.717, 1.165) is 33.5 Å². The number of benzene rings is 3. The summed E-state index contributed by atoms with van der Waals surface area (Å²) in [4.78, 5) is 28.2. The minimum Gasteiger partial charge on any atom is -0.350 e. The van der Waals surface area contributed by atoms with Crippen molar-refractivity contribution < 1.29 is 9.59 Å². The molecule has 0 atom stereocenters. The van der Waals surface area contributed by atoms with Crippen LogP contribution < -0.4 is 10.2 Å². The van der Waals surface area contributed by atoms with Gasteiger partial charge in [-0.1, -0.05) is 48.0 Å². The first kappa shape index (κ1) is 19.6. The summed E-state index contributed by atoms with van der Waals surface area (Å²) in [6.07, 6.45) is 0. The number of aryl methyl sites for hydroxylation is 4. The fourth-order valence-corrected chi connectivity index (χ4v) is 3.82. The number of hydrogen-bond donors (Lipinski definition) is 1. The van der Waals surface area contributed by atoms with Crippen LogP contribution in [0.2, 0.25) is 0 Å². The van der Waals surface area contributed by atoms with Gasteiger partial charge in [0.1, 0.15) is 5.70 Å². The van der Waals surface area contributed by atoms with E-state index in [1.54, 1.807) is 0 Å². The van der Waals surface area contributed by atoms with E-state index >= 15 is 0 Å². The Morgan fingerprint density at radius 3 is 1.97 bits per heavy atom. The summed E-state index contributed by atoms with van der Waals surface area (Å²) in [5, 5.41) is 3.22. The minimum absolute atomic E-state index is 0.300. The Morgan fingerprint density at radius 2 is 1.33 bits per heavy atom. The van der Waals surface area contributed by atoms with Crippen LogP contribution in [0.25, 0.3) is 5.57 Å². The molecule has 0 saturated carbocycles. The van der Waals surface area contributed by atoms with Crippen LogP contribution in [0, 0.1) is 27.7 Å². The quantitative estimate of drug-likeness (QED) is 0.608. The molecule has 4 nitrogen and oxygen atoms in total. The zero-order valence-corrected chi connectivity index (χ0v) is 17.6. The third-order valence-electron chi connectivity index (χ3n) is 5.18. The van der Waals surface area contributed by atoms with E-state index in [-0.39, 0.29) is 11.8 Å². The highest BCUT2D eigenvalue weighted by Crippen LogP contribution is 2.34. The number of hydrogen-bond acceptors (Lipinski definition) is 3. The van der Waals surface area contributed by atoms with Gasteiger partial charge < -0.3 is 5.32 Å². The summed E-state index contributed by atoms with van der Waals surface area (Å²) in [7, 11) is 0. The Bertz CT molecular complexity index is 1170. The first-order valence-electron chi connectivity index (χ1n) is 9.95. The number of imide groups is 1. The van der Waals surface area contributed by atoms with Gasteiger partial charge in [0, 0.05) is 5.69 Å². The van der Waals surface area contributed by atoms with Crippen LogP contribution in [0.1, 0.15) is 27.8 Å². The molecule has 2 amide bonds. The number of nitrogens with one attached hydrogen (secondary N) is 1. The molecule has 0 aromatic heterocycles. The van der Waals surface area contributed by atoms with Gasteiger partial charge in [0.2, 0.25) is 0 Å². The maximum absolute atomic E-state index is 13.5. The van der Waals surface area contributed by atoms with Gasteiger partial charge >= 0.3 is 0 Å². The maximum Gasteiger partial charge on any atom is 0.282 e. The van der Waals surface area contributed by atoms with E-state index in [4.69, 9.17) is 0 Å². The highest BCUT2D eigenvalue weighted by atomic mass is 16.2. The lowest BCUT2D eigenvalue weighted by molar-refractivity contribution is -0.120. The van der Waals surface area contributed by atoms with Crippen molar-refractivity contribution in [3.8, 4) is 0 Å². The second kappa shape index (κ2) is 7.64. The SMILES string of the molecule is Cc1ccc(C2=C(Nc3cccc(C)c3)C(=O)N(c3cc(C)cc(C)c3)C2=O)cc1. The normalized spacial score (nSPS) is 13.9. The molecule has 3 aromatic rings. The molecular formula is C26H24N2O2. The molecule has 0 radical (unpaired) electrons. The highest BCUT2D eigenvalue weighted by molar-refractivity contribution is 6.46. The highest BCUT2D eigenvalue weighted by Gasteiger charge is 2.40. The smallest absolute Gasteiger partial charge is 0.282 e. The molecule has 0 saturated heterocycles. The molecule has 1 N–H and O–H groups in total. The standard InChI is InChI=1S/C26H24N2O2/c1-16-8-10-20(11-9-16)23-24(27-21-7-5-6-17(2)13-21)26(30)28(25(23)29)22-14-18(3)12-19(4)15-22/h5-15,27H,1-4H3. The fourth-order valence-electron chi connectivity index (χ4n) is 3.82. The topological polar surface area (TPSA) is 49.4 Å². The number of anilines is 2. The van der Waals surface area contributed by atoms with Crippen LogP contribution >= 0.6 is 0 Å². The van der Waals surface area contributed by atoms with Crippen molar-refractivity contribution in [2.75, 3.05) is 10.2 Å². The Balaban J connectivity index is 1.84. The average molecular weight is 396 g/mol. The fraction of sp³-hybridized carbons (Fsp3) is 0.154. The van der Waals surface area contributed by atoms with Crippen molar-refractivity contribution >= 4 is 28.8 Å². The maximum atomic E-state index is 13.5. The van der Waals surface area contributed by atoms with Gasteiger partial charge in [-0.15, -0.1) is 0 Å². The van der Waals surface area contributed by atoms with E-state index < -0.39 is 0 Å². The Kier molecular flexibility index (Phi) is 5.00. The van der Waals surface area contributed by atoms with Crippen molar-refractivity contribution in [1.82, 2.24) is 0 Å². The molecule has 0 aliphatic carbocycles. The van der Waals surface area contributed by atoms with Crippen LogP contribution in [0.4, 0.5) is 11.4 Å². The summed E-state index contributed by atoms with van der Waals surface area (Å²) in [6, 6.07) is 21.2. The molecule has 1 aliphatic rings. The number of amides is 2. The lowest BCUT2D eigenvalue weighted by atomic mass is 10.0. The molecule has 1 heterocycles. The second-order valence-electron chi connectivity index (χ2n) is 7.90. The van der Waals surface area contributed by atoms with E-state index in [1.165, 1.54) is 4.90 Å². The minimum atomic E-state index is -0.345. The first-order valence-corrected chi connectivity index (χ1v) is 9.95. The van der Waals surface area contributed by atoms with Gasteiger partial charge in [-0.3, -0.25) is 9.59 Å². The summed E-state index contributed by atoms with van der Waals surface area (Å²) < 4.78 is 0. The van der Waals surface area contributed by atoms with E-state index in [1.807, 2.05) is 94.4 Å². The first-order chi connectivity index (χ1) is 14.3. The number of nitrogens with zero attached hydrogens (tertiary/aromatic N) is 1. The Hall–Kier alpha value is -3.66. The van der Waals surface area contributed by atoms with E-state index in [2.05, 4.69) is 5.32 Å². The molecule has 1 aliphatic heterocycles. The van der Waals surface area contributed by atoms with Crippen molar-refractivity contribution in [3.63, 3.8) is 0 Å². The molecule has 4 heteroatoms. The van der Waals surface area contributed by atoms with Gasteiger partial charge in [0.15, 0.2) is 0 Å². The van der Waals surface area contributed by atoms with Gasteiger partial charge in [-0.2, -0.15) is 0 Å². The predicted octanol–water partition coefficient (Wildman–Crippen LogP) is 5.32. The molecule has 3 aromatic carbocycles. The van der Waals surface area contributed by atoms with Crippen LogP contribution in [-0.2, 0) is 9.59 Å². The van der Waals surface area contributed by atoms with Crippen molar-refractivity contribution in [2.45, 2.75) is 27.7 Å². The zero-order chi connectivity index (χ0) is 21.4. The third-order valence-corrected chi connectivity index (χ3v) is 5.18. The lowest BCUT2D eigenvalue weighted by Crippen LogP contribution is -2.32. The van der Waals surface area contributed by atoms with Crippen molar-refractivity contribution in [1.29, 1.82) is 0 Å². The molecule has 0 bridgehead atoms. The lowest BCUT2D eigenvalue weighted by Gasteiger charge is -2.17. The van der Waals surface area contributed by atoms with Gasteiger partial charge in [0.05, 0.1) is 11.3 Å². The molecule has 0 unspecified atom stereocenters. The van der Waals surface area contributed by atoms with Gasteiger partial charge in [-0.05, 0) is 74.2 Å². The van der Waals surface area contributed by atoms with E-state index in [9.17, 15) is 9.59 Å². The number of carbonyl (C=O) groups is 2. The van der Waals surface area contributed by atoms with Gasteiger partial charge in [-0.25, -0.2) is 4.90 Å². The Labute approximate surface area is 176 Å². The van der Waals surface area contributed by atoms with Crippen LogP contribution in [0.5, 0.6) is 0 Å². The summed E-state index contributed by atoms with van der Waals surface area (Å²) in [6.45, 7) is 7.90. The molecule has 4 rings (SSSR count). The summed E-state index contributed by atoms with van der Waals surface area (Å²) >= 11 is 0. The van der Waals surface area contributed by atoms with Crippen molar-refractivity contribution in [2.24, 2.45) is 0 Å². The molecular weight excluding hydrogens is 372 g/mol. The largest absolute Gasteiger partial charge is 0.350 e. The Morgan fingerprint density at radius 1 is 0.667 bits per heavy atom. The molecule has 30 heavy (non-hydrogen) atoms. The van der Waals surface area contributed by atoms with Crippen molar-refractivity contribution in [3.05, 3.63) is 100 Å². The number of carbonyl (C=O) groups excluding carboxylic acids is 2. The van der Waals surface area contributed by atoms with E-state index in [0.29, 0.717) is 17.0 Å². The number of rotatable bonds is 4. The monoisotopic (exact) mass is 396 g/mol. The third kappa shape index (κ3) is 3.64. The zero-order valence-electron chi connectivity index (χ0n) is 17.6. The molecule has 0 fully saturated rings.